The molecule has 5 heteroatoms. The first kappa shape index (κ1) is 17.0. The molecule has 2 fully saturated rings. The summed E-state index contributed by atoms with van der Waals surface area (Å²) in [6.07, 6.45) is 8.03. The van der Waals surface area contributed by atoms with Crippen LogP contribution < -0.4 is 0 Å². The molecule has 2 rings (SSSR count). The van der Waals surface area contributed by atoms with E-state index in [9.17, 15) is 14.4 Å². The maximum absolute atomic E-state index is 12.2. The lowest BCUT2D eigenvalue weighted by atomic mass is 9.81. The van der Waals surface area contributed by atoms with Crippen LogP contribution in [0.1, 0.15) is 64.7 Å². The Hall–Kier alpha value is -1.39. The Morgan fingerprint density at radius 2 is 1.73 bits per heavy atom. The number of carbonyl (C=O) groups excluding carboxylic acids is 3. The zero-order valence-corrected chi connectivity index (χ0v) is 13.5. The van der Waals surface area contributed by atoms with Gasteiger partial charge in [-0.3, -0.25) is 19.3 Å². The van der Waals surface area contributed by atoms with E-state index in [-0.39, 0.29) is 42.6 Å². The van der Waals surface area contributed by atoms with Crippen molar-refractivity contribution in [2.24, 2.45) is 11.8 Å². The van der Waals surface area contributed by atoms with Gasteiger partial charge in [-0.05, 0) is 19.3 Å². The molecule has 1 aliphatic carbocycles. The van der Waals surface area contributed by atoms with Gasteiger partial charge < -0.3 is 4.74 Å². The molecule has 0 aromatic rings. The van der Waals surface area contributed by atoms with E-state index in [4.69, 9.17) is 4.74 Å². The molecule has 0 bridgehead atoms. The van der Waals surface area contributed by atoms with Gasteiger partial charge >= 0.3 is 5.97 Å². The number of hydrogen-bond acceptors (Lipinski definition) is 4. The van der Waals surface area contributed by atoms with Crippen molar-refractivity contribution in [3.63, 3.8) is 0 Å². The SMILES string of the molecule is CCCCCCOC(=O)CCN1C(=O)C2CCCCC2C1=O. The average molecular weight is 309 g/mol. The van der Waals surface area contributed by atoms with Gasteiger partial charge in [-0.1, -0.05) is 39.0 Å². The number of rotatable bonds is 8. The topological polar surface area (TPSA) is 63.7 Å². The maximum Gasteiger partial charge on any atom is 0.307 e. The molecule has 0 aromatic carbocycles. The van der Waals surface area contributed by atoms with E-state index in [2.05, 4.69) is 6.92 Å². The molecule has 1 heterocycles. The van der Waals surface area contributed by atoms with Gasteiger partial charge in [-0.25, -0.2) is 0 Å². The van der Waals surface area contributed by atoms with Gasteiger partial charge in [0.25, 0.3) is 0 Å². The summed E-state index contributed by atoms with van der Waals surface area (Å²) in [5.41, 5.74) is 0. The summed E-state index contributed by atoms with van der Waals surface area (Å²) in [5, 5.41) is 0. The molecule has 0 aromatic heterocycles. The Kier molecular flexibility index (Phi) is 6.40. The molecule has 2 unspecified atom stereocenters. The van der Waals surface area contributed by atoms with Gasteiger partial charge in [0.05, 0.1) is 24.9 Å². The number of likely N-dealkylation sites (tertiary alicyclic amines) is 1. The predicted octanol–water partition coefficient (Wildman–Crippen LogP) is 2.68. The molecule has 124 valence electrons. The van der Waals surface area contributed by atoms with E-state index >= 15 is 0 Å². The van der Waals surface area contributed by atoms with Gasteiger partial charge in [0, 0.05) is 6.54 Å². The molecule has 5 nitrogen and oxygen atoms in total. The summed E-state index contributed by atoms with van der Waals surface area (Å²) in [7, 11) is 0. The Morgan fingerprint density at radius 3 is 2.32 bits per heavy atom. The van der Waals surface area contributed by atoms with Gasteiger partial charge in [-0.2, -0.15) is 0 Å². The van der Waals surface area contributed by atoms with Crippen LogP contribution in [0.5, 0.6) is 0 Å². The van der Waals surface area contributed by atoms with E-state index in [1.807, 2.05) is 0 Å². The van der Waals surface area contributed by atoms with Gasteiger partial charge in [0.1, 0.15) is 0 Å². The van der Waals surface area contributed by atoms with Crippen LogP contribution in [0.2, 0.25) is 0 Å². The quantitative estimate of drug-likeness (QED) is 0.393. The van der Waals surface area contributed by atoms with Crippen molar-refractivity contribution < 1.29 is 19.1 Å². The van der Waals surface area contributed by atoms with Crippen molar-refractivity contribution in [3.8, 4) is 0 Å². The molecule has 0 radical (unpaired) electrons. The second-order valence-electron chi connectivity index (χ2n) is 6.36. The molecule has 0 N–H and O–H groups in total. The summed E-state index contributed by atoms with van der Waals surface area (Å²) in [5.74, 6) is -0.736. The largest absolute Gasteiger partial charge is 0.466 e. The molecule has 2 amide bonds. The van der Waals surface area contributed by atoms with Crippen molar-refractivity contribution in [1.29, 1.82) is 0 Å². The first-order chi connectivity index (χ1) is 10.6. The van der Waals surface area contributed by atoms with E-state index in [0.717, 1.165) is 51.4 Å². The first-order valence-electron chi connectivity index (χ1n) is 8.66. The van der Waals surface area contributed by atoms with Crippen LogP contribution in [-0.4, -0.2) is 35.8 Å². The maximum atomic E-state index is 12.2. The highest BCUT2D eigenvalue weighted by molar-refractivity contribution is 6.05. The second kappa shape index (κ2) is 8.30. The predicted molar refractivity (Wildman–Crippen MR) is 81.9 cm³/mol. The Morgan fingerprint density at radius 1 is 1.09 bits per heavy atom. The minimum atomic E-state index is -0.313. The first-order valence-corrected chi connectivity index (χ1v) is 8.66. The molecule has 2 atom stereocenters. The Bertz CT molecular complexity index is 397. The van der Waals surface area contributed by atoms with Crippen molar-refractivity contribution in [2.45, 2.75) is 64.7 Å². The molecule has 1 saturated carbocycles. The molecular weight excluding hydrogens is 282 g/mol. The van der Waals surface area contributed by atoms with Crippen LogP contribution in [0.15, 0.2) is 0 Å². The summed E-state index contributed by atoms with van der Waals surface area (Å²) in [4.78, 5) is 37.5. The fraction of sp³-hybridized carbons (Fsp3) is 0.824. The van der Waals surface area contributed by atoms with Gasteiger partial charge in [-0.15, -0.1) is 0 Å². The Balaban J connectivity index is 1.71. The third-order valence-corrected chi connectivity index (χ3v) is 4.73. The second-order valence-corrected chi connectivity index (χ2v) is 6.36. The van der Waals surface area contributed by atoms with Crippen LogP contribution in [0.4, 0.5) is 0 Å². The third kappa shape index (κ3) is 4.08. The highest BCUT2D eigenvalue weighted by Crippen LogP contribution is 2.37. The number of carbonyl (C=O) groups is 3. The molecule has 22 heavy (non-hydrogen) atoms. The van der Waals surface area contributed by atoms with Gasteiger partial charge in [0.2, 0.25) is 11.8 Å². The van der Waals surface area contributed by atoms with Crippen LogP contribution in [0.3, 0.4) is 0 Å². The number of amides is 2. The molecular formula is C17H27NO4. The highest BCUT2D eigenvalue weighted by atomic mass is 16.5. The minimum Gasteiger partial charge on any atom is -0.466 e. The van der Waals surface area contributed by atoms with Crippen molar-refractivity contribution in [1.82, 2.24) is 4.90 Å². The summed E-state index contributed by atoms with van der Waals surface area (Å²) in [6.45, 7) is 2.75. The lowest BCUT2D eigenvalue weighted by Crippen LogP contribution is -2.33. The number of esters is 1. The summed E-state index contributed by atoms with van der Waals surface area (Å²) < 4.78 is 5.15. The average Bonchev–Trinajstić information content (AvgIpc) is 2.77. The van der Waals surface area contributed by atoms with E-state index < -0.39 is 0 Å². The molecule has 2 aliphatic rings. The lowest BCUT2D eigenvalue weighted by Gasteiger charge is -2.19. The van der Waals surface area contributed by atoms with Crippen molar-refractivity contribution in [2.75, 3.05) is 13.2 Å². The zero-order chi connectivity index (χ0) is 15.9. The smallest absolute Gasteiger partial charge is 0.307 e. The van der Waals surface area contributed by atoms with Crippen LogP contribution in [0, 0.1) is 11.8 Å². The number of fused-ring (bicyclic) bond motifs is 1. The fourth-order valence-electron chi connectivity index (χ4n) is 3.44. The highest BCUT2D eigenvalue weighted by Gasteiger charge is 2.47. The molecule has 1 aliphatic heterocycles. The number of imide groups is 1. The van der Waals surface area contributed by atoms with Crippen molar-refractivity contribution in [3.05, 3.63) is 0 Å². The number of hydrogen-bond donors (Lipinski definition) is 0. The number of unbranched alkanes of at least 4 members (excludes halogenated alkanes) is 3. The van der Waals surface area contributed by atoms with E-state index in [1.54, 1.807) is 0 Å². The van der Waals surface area contributed by atoms with E-state index in [1.165, 1.54) is 4.90 Å². The lowest BCUT2D eigenvalue weighted by molar-refractivity contribution is -0.145. The van der Waals surface area contributed by atoms with Crippen molar-refractivity contribution >= 4 is 17.8 Å². The fourth-order valence-corrected chi connectivity index (χ4v) is 3.44. The summed E-state index contributed by atoms with van der Waals surface area (Å²) >= 11 is 0. The standard InChI is InChI=1S/C17H27NO4/c1-2-3-4-7-12-22-15(19)10-11-18-16(20)13-8-5-6-9-14(13)17(18)21/h13-14H,2-12H2,1H3. The third-order valence-electron chi connectivity index (χ3n) is 4.73. The zero-order valence-electron chi connectivity index (χ0n) is 13.5. The molecule has 1 saturated heterocycles. The molecule has 0 spiro atoms. The monoisotopic (exact) mass is 309 g/mol. The Labute approximate surface area is 132 Å². The van der Waals surface area contributed by atoms with E-state index in [0.29, 0.717) is 6.61 Å². The van der Waals surface area contributed by atoms with Crippen LogP contribution in [0.25, 0.3) is 0 Å². The van der Waals surface area contributed by atoms with Crippen LogP contribution >= 0.6 is 0 Å². The van der Waals surface area contributed by atoms with Gasteiger partial charge in [0.15, 0.2) is 0 Å². The number of ether oxygens (including phenoxy) is 1. The summed E-state index contributed by atoms with van der Waals surface area (Å²) in [6, 6.07) is 0. The minimum absolute atomic E-state index is 0.0783. The normalized spacial score (nSPS) is 24.5. The number of nitrogens with zero attached hydrogens (tertiary/aromatic N) is 1. The van der Waals surface area contributed by atoms with Crippen LogP contribution in [-0.2, 0) is 19.1 Å².